The summed E-state index contributed by atoms with van der Waals surface area (Å²) in [5.41, 5.74) is 3.97. The smallest absolute Gasteiger partial charge is 0.152 e. The quantitative estimate of drug-likeness (QED) is 0.717. The molecule has 0 bridgehead atoms. The Hall–Kier alpha value is -2.07. The summed E-state index contributed by atoms with van der Waals surface area (Å²) in [6, 6.07) is 5.97. The Bertz CT molecular complexity index is 720. The minimum absolute atomic E-state index is 0.489. The number of aryl methyl sites for hydroxylation is 1. The number of hydrogen-bond acceptors (Lipinski definition) is 3. The molecule has 3 aromatic rings. The highest BCUT2D eigenvalue weighted by Gasteiger charge is 2.05. The molecule has 0 aromatic carbocycles. The Morgan fingerprint density at radius 3 is 3.16 bits per heavy atom. The van der Waals surface area contributed by atoms with Gasteiger partial charge in [-0.15, -0.1) is 0 Å². The average Bonchev–Trinajstić information content (AvgIpc) is 2.83. The van der Waals surface area contributed by atoms with Crippen LogP contribution >= 0.6 is 11.6 Å². The molecule has 0 radical (unpaired) electrons. The monoisotopic (exact) mass is 272 g/mol. The van der Waals surface area contributed by atoms with Crippen molar-refractivity contribution < 1.29 is 0 Å². The molecule has 3 rings (SSSR count). The summed E-state index contributed by atoms with van der Waals surface area (Å²) < 4.78 is 0. The number of H-pyrrole nitrogens is 1. The molecule has 3 aromatic heterocycles. The summed E-state index contributed by atoms with van der Waals surface area (Å²) in [5.74, 6) is 0. The van der Waals surface area contributed by atoms with Gasteiger partial charge in [-0.25, -0.2) is 9.97 Å². The van der Waals surface area contributed by atoms with Gasteiger partial charge in [0.1, 0.15) is 5.65 Å². The fourth-order valence-electron chi connectivity index (χ4n) is 2.03. The van der Waals surface area contributed by atoms with Gasteiger partial charge in [-0.2, -0.15) is 0 Å². The van der Waals surface area contributed by atoms with Crippen LogP contribution in [0.4, 0.5) is 5.69 Å². The van der Waals surface area contributed by atoms with Crippen molar-refractivity contribution in [2.45, 2.75) is 13.5 Å². The molecular formula is C14H13ClN4. The number of hydrogen-bond donors (Lipinski definition) is 2. The van der Waals surface area contributed by atoms with Gasteiger partial charge in [-0.3, -0.25) is 0 Å². The Morgan fingerprint density at radius 1 is 1.37 bits per heavy atom. The van der Waals surface area contributed by atoms with Crippen LogP contribution in [0.15, 0.2) is 36.8 Å². The van der Waals surface area contributed by atoms with E-state index in [0.29, 0.717) is 11.7 Å². The van der Waals surface area contributed by atoms with E-state index in [0.717, 1.165) is 27.8 Å². The highest BCUT2D eigenvalue weighted by molar-refractivity contribution is 6.31. The number of aromatic amines is 1. The molecule has 0 aliphatic heterocycles. The Balaban J connectivity index is 1.84. The topological polar surface area (TPSA) is 53.6 Å². The van der Waals surface area contributed by atoms with Crippen molar-refractivity contribution in [3.8, 4) is 0 Å². The molecule has 0 spiro atoms. The zero-order chi connectivity index (χ0) is 13.2. The molecular weight excluding hydrogens is 260 g/mol. The summed E-state index contributed by atoms with van der Waals surface area (Å²) in [6.07, 6.45) is 5.49. The van der Waals surface area contributed by atoms with Gasteiger partial charge in [0.25, 0.3) is 0 Å². The Labute approximate surface area is 115 Å². The van der Waals surface area contributed by atoms with Crippen LogP contribution < -0.4 is 5.32 Å². The van der Waals surface area contributed by atoms with Crippen molar-refractivity contribution in [2.75, 3.05) is 5.32 Å². The number of nitrogens with zero attached hydrogens (tertiary/aromatic N) is 2. The van der Waals surface area contributed by atoms with Crippen LogP contribution in [0.2, 0.25) is 5.15 Å². The predicted molar refractivity (Wildman–Crippen MR) is 77.4 cm³/mol. The predicted octanol–water partition coefficient (Wildman–Crippen LogP) is 3.53. The van der Waals surface area contributed by atoms with Crippen molar-refractivity contribution in [3.63, 3.8) is 0 Å². The minimum atomic E-state index is 0.489. The maximum Gasteiger partial charge on any atom is 0.152 e. The van der Waals surface area contributed by atoms with Gasteiger partial charge in [0, 0.05) is 30.5 Å². The molecule has 96 valence electrons. The van der Waals surface area contributed by atoms with Crippen LogP contribution in [0.1, 0.15) is 11.1 Å². The molecule has 0 fully saturated rings. The second kappa shape index (κ2) is 4.90. The van der Waals surface area contributed by atoms with Crippen LogP contribution in [0.5, 0.6) is 0 Å². The van der Waals surface area contributed by atoms with E-state index >= 15 is 0 Å². The SMILES string of the molecule is Cc1cnc(Cl)c(NCc2c[nH]c3ncccc23)c1. The number of pyridine rings is 2. The molecule has 0 amide bonds. The molecule has 19 heavy (non-hydrogen) atoms. The first kappa shape index (κ1) is 12.0. The largest absolute Gasteiger partial charge is 0.378 e. The standard InChI is InChI=1S/C14H13ClN4/c1-9-5-12(13(15)18-6-9)17-7-10-8-19-14-11(10)3-2-4-16-14/h2-6,8,17H,7H2,1H3,(H,16,19). The Kier molecular flexibility index (Phi) is 3.09. The van der Waals surface area contributed by atoms with Gasteiger partial charge in [0.15, 0.2) is 5.15 Å². The second-order valence-electron chi connectivity index (χ2n) is 4.42. The number of fused-ring (bicyclic) bond motifs is 1. The summed E-state index contributed by atoms with van der Waals surface area (Å²) in [5, 5.41) is 4.91. The summed E-state index contributed by atoms with van der Waals surface area (Å²) >= 11 is 6.06. The highest BCUT2D eigenvalue weighted by Crippen LogP contribution is 2.22. The Morgan fingerprint density at radius 2 is 2.26 bits per heavy atom. The maximum atomic E-state index is 6.06. The lowest BCUT2D eigenvalue weighted by Gasteiger charge is -2.07. The van der Waals surface area contributed by atoms with Crippen molar-refractivity contribution in [1.82, 2.24) is 15.0 Å². The lowest BCUT2D eigenvalue weighted by atomic mass is 10.2. The third kappa shape index (κ3) is 2.39. The van der Waals surface area contributed by atoms with Gasteiger partial charge >= 0.3 is 0 Å². The van der Waals surface area contributed by atoms with Gasteiger partial charge in [0.05, 0.1) is 5.69 Å². The third-order valence-electron chi connectivity index (χ3n) is 2.98. The molecule has 0 aliphatic carbocycles. The van der Waals surface area contributed by atoms with Crippen LogP contribution in [0.3, 0.4) is 0 Å². The lowest BCUT2D eigenvalue weighted by molar-refractivity contribution is 1.14. The van der Waals surface area contributed by atoms with E-state index < -0.39 is 0 Å². The number of anilines is 1. The second-order valence-corrected chi connectivity index (χ2v) is 4.78. The van der Waals surface area contributed by atoms with Gasteiger partial charge in [-0.1, -0.05) is 11.6 Å². The van der Waals surface area contributed by atoms with Crippen molar-refractivity contribution in [2.24, 2.45) is 0 Å². The summed E-state index contributed by atoms with van der Waals surface area (Å²) in [6.45, 7) is 2.67. The van der Waals surface area contributed by atoms with Crippen LogP contribution in [0, 0.1) is 6.92 Å². The van der Waals surface area contributed by atoms with E-state index in [1.807, 2.05) is 31.3 Å². The van der Waals surface area contributed by atoms with E-state index in [1.165, 1.54) is 0 Å². The van der Waals surface area contributed by atoms with E-state index in [4.69, 9.17) is 11.6 Å². The fourth-order valence-corrected chi connectivity index (χ4v) is 2.20. The zero-order valence-electron chi connectivity index (χ0n) is 10.4. The average molecular weight is 273 g/mol. The maximum absolute atomic E-state index is 6.06. The number of aromatic nitrogens is 3. The molecule has 0 saturated heterocycles. The van der Waals surface area contributed by atoms with Crippen LogP contribution in [0.25, 0.3) is 11.0 Å². The summed E-state index contributed by atoms with van der Waals surface area (Å²) in [4.78, 5) is 11.5. The van der Waals surface area contributed by atoms with E-state index in [1.54, 1.807) is 12.4 Å². The van der Waals surface area contributed by atoms with Gasteiger partial charge in [0.2, 0.25) is 0 Å². The highest BCUT2D eigenvalue weighted by atomic mass is 35.5. The van der Waals surface area contributed by atoms with E-state index in [9.17, 15) is 0 Å². The van der Waals surface area contributed by atoms with E-state index in [-0.39, 0.29) is 0 Å². The van der Waals surface area contributed by atoms with Crippen molar-refractivity contribution in [1.29, 1.82) is 0 Å². The molecule has 0 atom stereocenters. The molecule has 3 heterocycles. The minimum Gasteiger partial charge on any atom is -0.378 e. The van der Waals surface area contributed by atoms with Crippen molar-refractivity contribution in [3.05, 3.63) is 53.1 Å². The molecule has 0 aliphatic rings. The molecule has 0 unspecified atom stereocenters. The summed E-state index contributed by atoms with van der Waals surface area (Å²) in [7, 11) is 0. The van der Waals surface area contributed by atoms with Crippen LogP contribution in [-0.4, -0.2) is 15.0 Å². The zero-order valence-corrected chi connectivity index (χ0v) is 11.2. The first-order valence-electron chi connectivity index (χ1n) is 6.01. The molecule has 5 heteroatoms. The lowest BCUT2D eigenvalue weighted by Crippen LogP contribution is -2.00. The van der Waals surface area contributed by atoms with Gasteiger partial charge < -0.3 is 10.3 Å². The molecule has 0 saturated carbocycles. The normalized spacial score (nSPS) is 10.8. The van der Waals surface area contributed by atoms with E-state index in [2.05, 4.69) is 20.3 Å². The first-order valence-corrected chi connectivity index (χ1v) is 6.39. The number of rotatable bonds is 3. The van der Waals surface area contributed by atoms with Crippen LogP contribution in [-0.2, 0) is 6.54 Å². The first-order chi connectivity index (χ1) is 9.24. The third-order valence-corrected chi connectivity index (χ3v) is 3.28. The number of nitrogens with one attached hydrogen (secondary N) is 2. The molecule has 4 nitrogen and oxygen atoms in total. The van der Waals surface area contributed by atoms with Gasteiger partial charge in [-0.05, 0) is 36.2 Å². The number of halogens is 1. The van der Waals surface area contributed by atoms with Crippen molar-refractivity contribution >= 4 is 28.3 Å². The molecule has 2 N–H and O–H groups in total. The fraction of sp³-hybridized carbons (Fsp3) is 0.143.